The zero-order chi connectivity index (χ0) is 37.7. The molecule has 0 bridgehead atoms. The van der Waals surface area contributed by atoms with E-state index in [0.717, 1.165) is 77.7 Å². The summed E-state index contributed by atoms with van der Waals surface area (Å²) in [5.74, 6) is 0.712. The minimum Gasteiger partial charge on any atom is -0.455 e. The predicted octanol–water partition coefficient (Wildman–Crippen LogP) is 14.7. The van der Waals surface area contributed by atoms with Gasteiger partial charge in [-0.15, -0.1) is 0 Å². The maximum atomic E-state index is 6.70. The topological polar surface area (TPSA) is 38.9 Å². The highest BCUT2D eigenvalue weighted by Gasteiger charge is 2.17. The van der Waals surface area contributed by atoms with Gasteiger partial charge in [0.15, 0.2) is 5.82 Å². The lowest BCUT2D eigenvalue weighted by Crippen LogP contribution is -1.95. The molecular formula is C54H34N2O. The van der Waals surface area contributed by atoms with Crippen molar-refractivity contribution in [2.24, 2.45) is 0 Å². The van der Waals surface area contributed by atoms with Gasteiger partial charge in [0.05, 0.1) is 11.4 Å². The van der Waals surface area contributed by atoms with E-state index in [9.17, 15) is 0 Å². The molecule has 3 nitrogen and oxygen atoms in total. The second-order valence-electron chi connectivity index (χ2n) is 14.6. The van der Waals surface area contributed by atoms with Gasteiger partial charge in [0.1, 0.15) is 11.2 Å². The maximum Gasteiger partial charge on any atom is 0.160 e. The summed E-state index contributed by atoms with van der Waals surface area (Å²) in [6.07, 6.45) is 0. The zero-order valence-electron chi connectivity index (χ0n) is 30.9. The molecule has 0 amide bonds. The van der Waals surface area contributed by atoms with Gasteiger partial charge in [-0.2, -0.15) is 0 Å². The first kappa shape index (κ1) is 32.8. The average molecular weight is 727 g/mol. The smallest absolute Gasteiger partial charge is 0.160 e. The molecule has 0 spiro atoms. The minimum absolute atomic E-state index is 0.712. The second kappa shape index (κ2) is 13.6. The van der Waals surface area contributed by atoms with Crippen molar-refractivity contribution >= 4 is 43.5 Å². The molecule has 0 aliphatic heterocycles. The van der Waals surface area contributed by atoms with Crippen LogP contribution in [-0.2, 0) is 0 Å². The monoisotopic (exact) mass is 726 g/mol. The molecule has 0 radical (unpaired) electrons. The van der Waals surface area contributed by atoms with Gasteiger partial charge >= 0.3 is 0 Å². The molecule has 11 aromatic rings. The third kappa shape index (κ3) is 5.94. The fraction of sp³-hybridized carbons (Fsp3) is 0. The van der Waals surface area contributed by atoms with E-state index in [-0.39, 0.29) is 0 Å². The highest BCUT2D eigenvalue weighted by atomic mass is 16.3. The Kier molecular flexibility index (Phi) is 7.82. The van der Waals surface area contributed by atoms with Gasteiger partial charge in [-0.1, -0.05) is 170 Å². The summed E-state index contributed by atoms with van der Waals surface area (Å²) in [6, 6.07) is 72.8. The van der Waals surface area contributed by atoms with Crippen LogP contribution in [-0.4, -0.2) is 9.97 Å². The normalized spacial score (nSPS) is 11.5. The van der Waals surface area contributed by atoms with Crippen molar-refractivity contribution in [1.82, 2.24) is 9.97 Å². The molecule has 0 saturated carbocycles. The summed E-state index contributed by atoms with van der Waals surface area (Å²) in [7, 11) is 0. The molecule has 0 aliphatic rings. The van der Waals surface area contributed by atoms with E-state index < -0.39 is 0 Å². The third-order valence-corrected chi connectivity index (χ3v) is 11.1. The van der Waals surface area contributed by atoms with E-state index >= 15 is 0 Å². The van der Waals surface area contributed by atoms with Crippen LogP contribution in [0.5, 0.6) is 0 Å². The number of furan rings is 1. The van der Waals surface area contributed by atoms with Crippen molar-refractivity contribution < 1.29 is 4.42 Å². The predicted molar refractivity (Wildman–Crippen MR) is 237 cm³/mol. The Hall–Kier alpha value is -7.62. The van der Waals surface area contributed by atoms with E-state index in [4.69, 9.17) is 14.4 Å². The van der Waals surface area contributed by atoms with Crippen LogP contribution in [0.15, 0.2) is 211 Å². The minimum atomic E-state index is 0.712. The van der Waals surface area contributed by atoms with Crippen LogP contribution in [0.2, 0.25) is 0 Å². The Bertz CT molecular complexity index is 3220. The van der Waals surface area contributed by atoms with Crippen LogP contribution >= 0.6 is 0 Å². The summed E-state index contributed by atoms with van der Waals surface area (Å²) in [4.78, 5) is 10.0. The van der Waals surface area contributed by atoms with Crippen molar-refractivity contribution in [3.63, 3.8) is 0 Å². The van der Waals surface area contributed by atoms with E-state index in [1.807, 2.05) is 36.4 Å². The van der Waals surface area contributed by atoms with Crippen molar-refractivity contribution in [3.05, 3.63) is 206 Å². The largest absolute Gasteiger partial charge is 0.455 e. The van der Waals surface area contributed by atoms with Gasteiger partial charge in [0.2, 0.25) is 0 Å². The van der Waals surface area contributed by atoms with Crippen molar-refractivity contribution in [2.45, 2.75) is 0 Å². The van der Waals surface area contributed by atoms with Gasteiger partial charge in [-0.25, -0.2) is 9.97 Å². The first-order valence-corrected chi connectivity index (χ1v) is 19.3. The molecule has 0 fully saturated rings. The number of fused-ring (bicyclic) bond motifs is 6. The summed E-state index contributed by atoms with van der Waals surface area (Å²) in [5.41, 5.74) is 13.6. The van der Waals surface area contributed by atoms with Crippen LogP contribution in [0.4, 0.5) is 0 Å². The van der Waals surface area contributed by atoms with E-state index in [2.05, 4.69) is 170 Å². The van der Waals surface area contributed by atoms with Gasteiger partial charge in [0, 0.05) is 32.8 Å². The van der Waals surface area contributed by atoms with Crippen LogP contribution < -0.4 is 0 Å². The Balaban J connectivity index is 0.969. The first-order chi connectivity index (χ1) is 28.2. The van der Waals surface area contributed by atoms with Crippen molar-refractivity contribution in [2.75, 3.05) is 0 Å². The molecule has 0 aliphatic carbocycles. The molecule has 0 unspecified atom stereocenters. The Labute approximate surface area is 330 Å². The Morgan fingerprint density at radius 1 is 0.298 bits per heavy atom. The number of aromatic nitrogens is 2. The fourth-order valence-corrected chi connectivity index (χ4v) is 8.15. The molecule has 57 heavy (non-hydrogen) atoms. The number of hydrogen-bond acceptors (Lipinski definition) is 3. The van der Waals surface area contributed by atoms with E-state index in [0.29, 0.717) is 5.82 Å². The van der Waals surface area contributed by atoms with Gasteiger partial charge in [-0.3, -0.25) is 0 Å². The maximum absolute atomic E-state index is 6.70. The lowest BCUT2D eigenvalue weighted by atomic mass is 9.93. The Morgan fingerprint density at radius 2 is 0.860 bits per heavy atom. The zero-order valence-corrected chi connectivity index (χ0v) is 30.9. The van der Waals surface area contributed by atoms with Crippen LogP contribution in [0, 0.1) is 0 Å². The molecule has 2 heterocycles. The quantitative estimate of drug-likeness (QED) is 0.171. The Morgan fingerprint density at radius 3 is 1.65 bits per heavy atom. The number of hydrogen-bond donors (Lipinski definition) is 0. The molecule has 3 heteroatoms. The number of rotatable bonds is 6. The van der Waals surface area contributed by atoms with Crippen LogP contribution in [0.1, 0.15) is 0 Å². The first-order valence-electron chi connectivity index (χ1n) is 19.3. The highest BCUT2D eigenvalue weighted by molar-refractivity contribution is 6.19. The summed E-state index contributed by atoms with van der Waals surface area (Å²) in [6.45, 7) is 0. The third-order valence-electron chi connectivity index (χ3n) is 11.1. The van der Waals surface area contributed by atoms with Crippen molar-refractivity contribution in [1.29, 1.82) is 0 Å². The molecular weight excluding hydrogens is 693 g/mol. The van der Waals surface area contributed by atoms with Crippen LogP contribution in [0.3, 0.4) is 0 Å². The van der Waals surface area contributed by atoms with Crippen molar-refractivity contribution in [3.8, 4) is 67.3 Å². The average Bonchev–Trinajstić information content (AvgIpc) is 3.67. The SMILES string of the molecule is c1ccc(-c2cc(-c3ccc(-c4cccc(-c5cc6c7ccc(-c8ccc9ccccc9c8)cc7oc6c6ccccc56)c4)cc3)nc(-c3ccccc3)n2)cc1. The van der Waals surface area contributed by atoms with Crippen LogP contribution in [0.25, 0.3) is 111 Å². The molecule has 0 atom stereocenters. The molecule has 9 aromatic carbocycles. The molecule has 11 rings (SSSR count). The summed E-state index contributed by atoms with van der Waals surface area (Å²) < 4.78 is 6.70. The number of benzene rings is 9. The number of nitrogens with zero attached hydrogens (tertiary/aromatic N) is 2. The summed E-state index contributed by atoms with van der Waals surface area (Å²) in [5, 5.41) is 6.98. The standard InChI is InChI=1S/C54H34N2O/c1-3-13-37(14-4-1)50-34-51(56-54(55-50)39-15-5-2-6-16-39)38-25-22-36(23-26-38)41-18-11-19-44(31-41)48-33-49-46-29-28-43(42-27-24-35-12-7-8-17-40(35)30-42)32-52(46)57-53(49)47-21-10-9-20-45(47)48/h1-34H. The van der Waals surface area contributed by atoms with E-state index in [1.54, 1.807) is 0 Å². The lowest BCUT2D eigenvalue weighted by molar-refractivity contribution is 0.673. The van der Waals surface area contributed by atoms with Gasteiger partial charge in [0.25, 0.3) is 0 Å². The fourth-order valence-electron chi connectivity index (χ4n) is 8.15. The molecule has 2 aromatic heterocycles. The molecule has 266 valence electrons. The molecule has 0 saturated heterocycles. The lowest BCUT2D eigenvalue weighted by Gasteiger charge is -2.11. The van der Waals surface area contributed by atoms with E-state index in [1.165, 1.54) is 27.3 Å². The van der Waals surface area contributed by atoms with Gasteiger partial charge < -0.3 is 4.42 Å². The highest BCUT2D eigenvalue weighted by Crippen LogP contribution is 2.42. The summed E-state index contributed by atoms with van der Waals surface area (Å²) >= 11 is 0. The second-order valence-corrected chi connectivity index (χ2v) is 14.6. The van der Waals surface area contributed by atoms with Gasteiger partial charge in [-0.05, 0) is 85.9 Å². The molecule has 0 N–H and O–H groups in total.